The third-order valence-corrected chi connectivity index (χ3v) is 4.75. The molecule has 2 heterocycles. The number of oxazole rings is 1. The van der Waals surface area contributed by atoms with Crippen molar-refractivity contribution in [3.05, 3.63) is 41.1 Å². The van der Waals surface area contributed by atoms with Crippen molar-refractivity contribution >= 4 is 5.96 Å². The number of nitrogens with one attached hydrogen (secondary N) is 2. The summed E-state index contributed by atoms with van der Waals surface area (Å²) in [4.78, 5) is 8.63. The van der Waals surface area contributed by atoms with Crippen LogP contribution >= 0.6 is 0 Å². The zero-order valence-electron chi connectivity index (χ0n) is 18.3. The maximum absolute atomic E-state index is 5.90. The molecule has 0 amide bonds. The van der Waals surface area contributed by atoms with E-state index in [0.717, 1.165) is 29.2 Å². The fourth-order valence-electron chi connectivity index (χ4n) is 3.21. The number of ether oxygens (including phenoxy) is 2. The molecule has 0 spiro atoms. The largest absolute Gasteiger partial charge is 0.494 e. The highest BCUT2D eigenvalue weighted by Crippen LogP contribution is 2.35. The van der Waals surface area contributed by atoms with Crippen LogP contribution in [0.15, 0.2) is 27.7 Å². The summed E-state index contributed by atoms with van der Waals surface area (Å²) in [5.74, 6) is 3.99. The van der Waals surface area contributed by atoms with Crippen LogP contribution in [0, 0.1) is 0 Å². The Morgan fingerprint density at radius 3 is 2.69 bits per heavy atom. The van der Waals surface area contributed by atoms with E-state index in [1.165, 1.54) is 5.56 Å². The molecule has 2 N–H and O–H groups in total. The average Bonchev–Trinajstić information content (AvgIpc) is 3.27. The van der Waals surface area contributed by atoms with Gasteiger partial charge in [0.25, 0.3) is 0 Å². The van der Waals surface area contributed by atoms with Crippen LogP contribution < -0.4 is 20.1 Å². The Labute approximate surface area is 172 Å². The number of benzene rings is 1. The van der Waals surface area contributed by atoms with Gasteiger partial charge >= 0.3 is 0 Å². The molecule has 7 nitrogen and oxygen atoms in total. The van der Waals surface area contributed by atoms with Gasteiger partial charge in [-0.2, -0.15) is 0 Å². The third-order valence-electron chi connectivity index (χ3n) is 4.75. The molecule has 158 valence electrons. The summed E-state index contributed by atoms with van der Waals surface area (Å²) in [6.07, 6.45) is 2.91. The zero-order valence-corrected chi connectivity index (χ0v) is 18.3. The van der Waals surface area contributed by atoms with E-state index in [-0.39, 0.29) is 11.5 Å². The Balaban J connectivity index is 1.62. The Bertz CT molecular complexity index is 867. The zero-order chi connectivity index (χ0) is 21.0. The SMILES string of the molecule is CCOc1cc2c(cc1CNC(=NC)NCc1ncc(C(C)(C)C)o1)OC(C)C2. The fraction of sp³-hybridized carbons (Fsp3) is 0.545. The first kappa shape index (κ1) is 21.0. The van der Waals surface area contributed by atoms with Gasteiger partial charge in [-0.3, -0.25) is 4.99 Å². The standard InChI is InChI=1S/C22H32N4O3/c1-7-27-17-9-15-8-14(2)28-18(15)10-16(17)11-25-21(23-6)26-13-20-24-12-19(29-20)22(3,4)5/h9-10,12,14H,7-8,11,13H2,1-6H3,(H2,23,25,26). The number of aromatic nitrogens is 1. The van der Waals surface area contributed by atoms with Gasteiger partial charge < -0.3 is 24.5 Å². The number of hydrogen-bond donors (Lipinski definition) is 2. The molecule has 2 aromatic rings. The van der Waals surface area contributed by atoms with Gasteiger partial charge in [0.2, 0.25) is 5.89 Å². The summed E-state index contributed by atoms with van der Waals surface area (Å²) in [6.45, 7) is 12.0. The van der Waals surface area contributed by atoms with Gasteiger partial charge in [-0.05, 0) is 26.0 Å². The maximum atomic E-state index is 5.90. The lowest BCUT2D eigenvalue weighted by molar-refractivity contribution is 0.254. The monoisotopic (exact) mass is 400 g/mol. The molecule has 0 fully saturated rings. The van der Waals surface area contributed by atoms with E-state index < -0.39 is 0 Å². The molecule has 3 rings (SSSR count). The lowest BCUT2D eigenvalue weighted by atomic mass is 9.94. The summed E-state index contributed by atoms with van der Waals surface area (Å²) < 4.78 is 17.6. The second kappa shape index (κ2) is 8.76. The highest BCUT2D eigenvalue weighted by molar-refractivity contribution is 5.79. The molecule has 0 saturated heterocycles. The summed E-state index contributed by atoms with van der Waals surface area (Å²) in [5.41, 5.74) is 2.17. The van der Waals surface area contributed by atoms with Gasteiger partial charge in [0.15, 0.2) is 5.96 Å². The minimum atomic E-state index is -0.0615. The van der Waals surface area contributed by atoms with Crippen LogP contribution in [0.25, 0.3) is 0 Å². The molecule has 0 bridgehead atoms. The Kier molecular flexibility index (Phi) is 6.35. The van der Waals surface area contributed by atoms with Crippen molar-refractivity contribution < 1.29 is 13.9 Å². The summed E-state index contributed by atoms with van der Waals surface area (Å²) in [5, 5.41) is 6.57. The first-order valence-electron chi connectivity index (χ1n) is 10.1. The topological polar surface area (TPSA) is 80.9 Å². The quantitative estimate of drug-likeness (QED) is 0.570. The van der Waals surface area contributed by atoms with Gasteiger partial charge in [0.1, 0.15) is 23.4 Å². The van der Waals surface area contributed by atoms with E-state index in [2.05, 4.69) is 60.4 Å². The normalized spacial score (nSPS) is 16.3. The van der Waals surface area contributed by atoms with Crippen LogP contribution in [0.4, 0.5) is 0 Å². The molecule has 1 aliphatic rings. The first-order chi connectivity index (χ1) is 13.8. The van der Waals surface area contributed by atoms with Gasteiger partial charge in [0, 0.05) is 36.6 Å². The molecule has 0 radical (unpaired) electrons. The molecule has 1 aliphatic heterocycles. The maximum Gasteiger partial charge on any atom is 0.213 e. The number of rotatable bonds is 6. The van der Waals surface area contributed by atoms with E-state index >= 15 is 0 Å². The molecular formula is C22H32N4O3. The minimum Gasteiger partial charge on any atom is -0.494 e. The Hall–Kier alpha value is -2.70. The van der Waals surface area contributed by atoms with E-state index in [4.69, 9.17) is 13.9 Å². The molecule has 29 heavy (non-hydrogen) atoms. The van der Waals surface area contributed by atoms with Crippen LogP contribution in [-0.2, 0) is 24.9 Å². The van der Waals surface area contributed by atoms with Crippen molar-refractivity contribution in [3.63, 3.8) is 0 Å². The molecule has 1 unspecified atom stereocenters. The van der Waals surface area contributed by atoms with E-state index in [1.54, 1.807) is 13.2 Å². The van der Waals surface area contributed by atoms with Crippen LogP contribution in [0.3, 0.4) is 0 Å². The smallest absolute Gasteiger partial charge is 0.213 e. The van der Waals surface area contributed by atoms with Crippen molar-refractivity contribution in [1.82, 2.24) is 15.6 Å². The molecule has 0 aliphatic carbocycles. The van der Waals surface area contributed by atoms with Crippen molar-refractivity contribution in [2.24, 2.45) is 4.99 Å². The summed E-state index contributed by atoms with van der Waals surface area (Å²) in [7, 11) is 1.74. The molecular weight excluding hydrogens is 368 g/mol. The third kappa shape index (κ3) is 5.22. The van der Waals surface area contributed by atoms with E-state index in [1.807, 2.05) is 6.92 Å². The number of guanidine groups is 1. The van der Waals surface area contributed by atoms with Crippen molar-refractivity contribution in [2.45, 2.75) is 65.6 Å². The van der Waals surface area contributed by atoms with Gasteiger partial charge in [0.05, 0.1) is 19.3 Å². The van der Waals surface area contributed by atoms with Gasteiger partial charge in [-0.1, -0.05) is 20.8 Å². The molecule has 1 aromatic heterocycles. The van der Waals surface area contributed by atoms with Crippen LogP contribution in [0.1, 0.15) is 57.4 Å². The Morgan fingerprint density at radius 1 is 1.28 bits per heavy atom. The van der Waals surface area contributed by atoms with Crippen molar-refractivity contribution in [1.29, 1.82) is 0 Å². The first-order valence-corrected chi connectivity index (χ1v) is 10.1. The van der Waals surface area contributed by atoms with Crippen LogP contribution in [0.2, 0.25) is 0 Å². The molecule has 1 atom stereocenters. The fourth-order valence-corrected chi connectivity index (χ4v) is 3.21. The highest BCUT2D eigenvalue weighted by atomic mass is 16.5. The predicted molar refractivity (Wildman–Crippen MR) is 114 cm³/mol. The van der Waals surface area contributed by atoms with Gasteiger partial charge in [-0.25, -0.2) is 4.98 Å². The van der Waals surface area contributed by atoms with Crippen molar-refractivity contribution in [2.75, 3.05) is 13.7 Å². The molecule has 7 heteroatoms. The number of nitrogens with zero attached hydrogens (tertiary/aromatic N) is 2. The average molecular weight is 401 g/mol. The molecule has 1 aromatic carbocycles. The highest BCUT2D eigenvalue weighted by Gasteiger charge is 2.22. The van der Waals surface area contributed by atoms with Crippen LogP contribution in [0.5, 0.6) is 11.5 Å². The number of aliphatic imine (C=N–C) groups is 1. The number of hydrogen-bond acceptors (Lipinski definition) is 5. The number of fused-ring (bicyclic) bond motifs is 1. The minimum absolute atomic E-state index is 0.0615. The lowest BCUT2D eigenvalue weighted by Gasteiger charge is -2.15. The van der Waals surface area contributed by atoms with Crippen LogP contribution in [-0.4, -0.2) is 30.7 Å². The molecule has 0 saturated carbocycles. The predicted octanol–water partition coefficient (Wildman–Crippen LogP) is 3.56. The lowest BCUT2D eigenvalue weighted by Crippen LogP contribution is -2.36. The summed E-state index contributed by atoms with van der Waals surface area (Å²) >= 11 is 0. The van der Waals surface area contributed by atoms with Crippen molar-refractivity contribution in [3.8, 4) is 11.5 Å². The van der Waals surface area contributed by atoms with E-state index in [0.29, 0.717) is 31.5 Å². The van der Waals surface area contributed by atoms with E-state index in [9.17, 15) is 0 Å². The second-order valence-electron chi connectivity index (χ2n) is 8.28. The Morgan fingerprint density at radius 2 is 2.03 bits per heavy atom. The van der Waals surface area contributed by atoms with Gasteiger partial charge in [-0.15, -0.1) is 0 Å². The second-order valence-corrected chi connectivity index (χ2v) is 8.28. The summed E-state index contributed by atoms with van der Waals surface area (Å²) in [6, 6.07) is 4.16.